The minimum atomic E-state index is -0.336. The highest BCUT2D eigenvalue weighted by atomic mass is 19.1. The van der Waals surface area contributed by atoms with Crippen LogP contribution in [0.15, 0.2) is 18.2 Å². The Labute approximate surface area is 106 Å². The average molecular weight is 255 g/mol. The molecule has 0 unspecified atom stereocenters. The molecule has 5 heteroatoms. The number of aliphatic hydroxyl groups is 1. The van der Waals surface area contributed by atoms with Gasteiger partial charge in [0.05, 0.1) is 13.2 Å². The molecular formula is C13H18FNO3. The summed E-state index contributed by atoms with van der Waals surface area (Å²) in [6.45, 7) is 2.52. The molecule has 1 rings (SSSR count). The minimum Gasteiger partial charge on any atom is -0.395 e. The normalized spacial score (nSPS) is 10.4. The molecule has 18 heavy (non-hydrogen) atoms. The molecule has 1 N–H and O–H groups in total. The van der Waals surface area contributed by atoms with Gasteiger partial charge in [-0.3, -0.25) is 4.79 Å². The van der Waals surface area contributed by atoms with Gasteiger partial charge >= 0.3 is 0 Å². The van der Waals surface area contributed by atoms with E-state index in [2.05, 4.69) is 0 Å². The fourth-order valence-electron chi connectivity index (χ4n) is 1.60. The molecule has 0 aromatic heterocycles. The van der Waals surface area contributed by atoms with Gasteiger partial charge in [-0.15, -0.1) is 0 Å². The van der Waals surface area contributed by atoms with Crippen LogP contribution in [0.1, 0.15) is 15.9 Å². The molecule has 0 saturated heterocycles. The Morgan fingerprint density at radius 3 is 2.72 bits per heavy atom. The standard InChI is InChI=1S/C13H18FNO3/c1-10-9-11(3-4-12(10)14)13(17)15(5-7-16)6-8-18-2/h3-4,9,16H,5-8H2,1-2H3. The summed E-state index contributed by atoms with van der Waals surface area (Å²) < 4.78 is 18.0. The van der Waals surface area contributed by atoms with Crippen molar-refractivity contribution < 1.29 is 19.0 Å². The van der Waals surface area contributed by atoms with Crippen molar-refractivity contribution in [2.24, 2.45) is 0 Å². The van der Waals surface area contributed by atoms with E-state index in [1.54, 1.807) is 14.0 Å². The Balaban J connectivity index is 2.83. The number of methoxy groups -OCH3 is 1. The number of benzene rings is 1. The maximum atomic E-state index is 13.1. The van der Waals surface area contributed by atoms with Gasteiger partial charge < -0.3 is 14.7 Å². The number of aryl methyl sites for hydroxylation is 1. The maximum absolute atomic E-state index is 13.1. The third kappa shape index (κ3) is 3.78. The van der Waals surface area contributed by atoms with Gasteiger partial charge in [0, 0.05) is 25.8 Å². The van der Waals surface area contributed by atoms with Crippen LogP contribution in [0.5, 0.6) is 0 Å². The van der Waals surface area contributed by atoms with Gasteiger partial charge in [-0.05, 0) is 30.7 Å². The van der Waals surface area contributed by atoms with E-state index in [9.17, 15) is 9.18 Å². The van der Waals surface area contributed by atoms with Gasteiger partial charge in [-0.25, -0.2) is 4.39 Å². The first-order valence-electron chi connectivity index (χ1n) is 5.75. The van der Waals surface area contributed by atoms with Crippen molar-refractivity contribution in [3.63, 3.8) is 0 Å². The predicted molar refractivity (Wildman–Crippen MR) is 66.0 cm³/mol. The molecule has 1 aromatic carbocycles. The molecule has 0 aliphatic carbocycles. The zero-order chi connectivity index (χ0) is 13.5. The van der Waals surface area contributed by atoms with Crippen LogP contribution < -0.4 is 0 Å². The van der Waals surface area contributed by atoms with Crippen LogP contribution in [0.3, 0.4) is 0 Å². The Kier molecular flexibility index (Phi) is 5.74. The first-order valence-corrected chi connectivity index (χ1v) is 5.75. The zero-order valence-corrected chi connectivity index (χ0v) is 10.6. The van der Waals surface area contributed by atoms with Gasteiger partial charge in [0.2, 0.25) is 0 Å². The van der Waals surface area contributed by atoms with E-state index in [0.717, 1.165) is 0 Å². The number of nitrogens with zero attached hydrogens (tertiary/aromatic N) is 1. The Hall–Kier alpha value is -1.46. The van der Waals surface area contributed by atoms with E-state index in [-0.39, 0.29) is 24.9 Å². The second-order valence-electron chi connectivity index (χ2n) is 3.97. The summed E-state index contributed by atoms with van der Waals surface area (Å²) in [5.74, 6) is -0.568. The summed E-state index contributed by atoms with van der Waals surface area (Å²) in [5.41, 5.74) is 0.843. The van der Waals surface area contributed by atoms with E-state index in [4.69, 9.17) is 9.84 Å². The predicted octanol–water partition coefficient (Wildman–Crippen LogP) is 1.22. The molecule has 0 aliphatic rings. The minimum absolute atomic E-state index is 0.115. The van der Waals surface area contributed by atoms with Gasteiger partial charge in [-0.1, -0.05) is 0 Å². The number of carbonyl (C=O) groups is 1. The monoisotopic (exact) mass is 255 g/mol. The number of aliphatic hydroxyl groups excluding tert-OH is 1. The lowest BCUT2D eigenvalue weighted by Crippen LogP contribution is -2.36. The molecule has 0 bridgehead atoms. The maximum Gasteiger partial charge on any atom is 0.254 e. The fourth-order valence-corrected chi connectivity index (χ4v) is 1.60. The molecule has 1 amide bonds. The smallest absolute Gasteiger partial charge is 0.254 e. The molecule has 0 heterocycles. The third-order valence-electron chi connectivity index (χ3n) is 2.63. The first-order chi connectivity index (χ1) is 8.60. The summed E-state index contributed by atoms with van der Waals surface area (Å²) in [7, 11) is 1.55. The number of amides is 1. The van der Waals surface area contributed by atoms with Gasteiger partial charge in [0.1, 0.15) is 5.82 Å². The molecule has 0 atom stereocenters. The van der Waals surface area contributed by atoms with Gasteiger partial charge in [0.15, 0.2) is 0 Å². The molecule has 0 aliphatic heterocycles. The van der Waals surface area contributed by atoms with Crippen LogP contribution in [0, 0.1) is 12.7 Å². The molecular weight excluding hydrogens is 237 g/mol. The number of hydrogen-bond acceptors (Lipinski definition) is 3. The lowest BCUT2D eigenvalue weighted by molar-refractivity contribution is 0.0656. The summed E-state index contributed by atoms with van der Waals surface area (Å²) in [6, 6.07) is 4.23. The first kappa shape index (κ1) is 14.6. The Morgan fingerprint density at radius 1 is 1.44 bits per heavy atom. The van der Waals surface area contributed by atoms with Crippen LogP contribution in [-0.4, -0.2) is 49.3 Å². The lowest BCUT2D eigenvalue weighted by atomic mass is 10.1. The molecule has 0 radical (unpaired) electrons. The molecule has 0 spiro atoms. The second-order valence-corrected chi connectivity index (χ2v) is 3.97. The van der Waals surface area contributed by atoms with E-state index in [1.807, 2.05) is 0 Å². The Morgan fingerprint density at radius 2 is 2.17 bits per heavy atom. The quantitative estimate of drug-likeness (QED) is 0.831. The number of ether oxygens (including phenoxy) is 1. The highest BCUT2D eigenvalue weighted by Crippen LogP contribution is 2.11. The molecule has 1 aromatic rings. The average Bonchev–Trinajstić information content (AvgIpc) is 2.37. The number of rotatable bonds is 6. The van der Waals surface area contributed by atoms with Crippen molar-refractivity contribution in [2.45, 2.75) is 6.92 Å². The van der Waals surface area contributed by atoms with Crippen molar-refractivity contribution in [3.8, 4) is 0 Å². The largest absolute Gasteiger partial charge is 0.395 e. The van der Waals surface area contributed by atoms with Crippen molar-refractivity contribution in [2.75, 3.05) is 33.4 Å². The summed E-state index contributed by atoms with van der Waals surface area (Å²) in [5, 5.41) is 8.94. The van der Waals surface area contributed by atoms with Crippen molar-refractivity contribution >= 4 is 5.91 Å². The Bertz CT molecular complexity index is 409. The molecule has 0 fully saturated rings. The zero-order valence-electron chi connectivity index (χ0n) is 10.6. The third-order valence-corrected chi connectivity index (χ3v) is 2.63. The van der Waals surface area contributed by atoms with Crippen molar-refractivity contribution in [1.82, 2.24) is 4.90 Å². The number of halogens is 1. The molecule has 0 saturated carbocycles. The van der Waals surface area contributed by atoms with Crippen LogP contribution >= 0.6 is 0 Å². The summed E-state index contributed by atoms with van der Waals surface area (Å²) in [6.07, 6.45) is 0. The number of carbonyl (C=O) groups excluding carboxylic acids is 1. The van der Waals surface area contributed by atoms with Crippen LogP contribution in [0.25, 0.3) is 0 Å². The van der Waals surface area contributed by atoms with Crippen LogP contribution in [-0.2, 0) is 4.74 Å². The second kappa shape index (κ2) is 7.08. The van der Waals surface area contributed by atoms with Crippen molar-refractivity contribution in [3.05, 3.63) is 35.1 Å². The van der Waals surface area contributed by atoms with E-state index < -0.39 is 0 Å². The highest BCUT2D eigenvalue weighted by Gasteiger charge is 2.15. The van der Waals surface area contributed by atoms with E-state index in [1.165, 1.54) is 23.1 Å². The van der Waals surface area contributed by atoms with Gasteiger partial charge in [0.25, 0.3) is 5.91 Å². The summed E-state index contributed by atoms with van der Waals surface area (Å²) >= 11 is 0. The lowest BCUT2D eigenvalue weighted by Gasteiger charge is -2.21. The van der Waals surface area contributed by atoms with Crippen LogP contribution in [0.2, 0.25) is 0 Å². The van der Waals surface area contributed by atoms with Crippen molar-refractivity contribution in [1.29, 1.82) is 0 Å². The SMILES string of the molecule is COCCN(CCO)C(=O)c1ccc(F)c(C)c1. The van der Waals surface area contributed by atoms with E-state index in [0.29, 0.717) is 24.3 Å². The van der Waals surface area contributed by atoms with Gasteiger partial charge in [-0.2, -0.15) is 0 Å². The number of hydrogen-bond donors (Lipinski definition) is 1. The van der Waals surface area contributed by atoms with E-state index >= 15 is 0 Å². The van der Waals surface area contributed by atoms with Crippen LogP contribution in [0.4, 0.5) is 4.39 Å². The summed E-state index contributed by atoms with van der Waals surface area (Å²) in [4.78, 5) is 13.6. The topological polar surface area (TPSA) is 49.8 Å². The molecule has 4 nitrogen and oxygen atoms in total. The highest BCUT2D eigenvalue weighted by molar-refractivity contribution is 5.94. The molecule has 100 valence electrons. The fraction of sp³-hybridized carbons (Fsp3) is 0.462.